The zero-order valence-electron chi connectivity index (χ0n) is 10.3. The Balaban J connectivity index is 0.000000200. The van der Waals surface area contributed by atoms with E-state index in [0.29, 0.717) is 17.6 Å². The van der Waals surface area contributed by atoms with Gasteiger partial charge in [-0.3, -0.25) is 0 Å². The first-order chi connectivity index (χ1) is 9.47. The molecule has 2 aromatic heterocycles. The molecule has 2 heterocycles. The maximum Gasteiger partial charge on any atom is 0.349 e. The second-order valence-electron chi connectivity index (χ2n) is 3.00. The molecule has 0 radical (unpaired) electrons. The molecule has 20 heavy (non-hydrogen) atoms. The standard InChI is InChI=1S/C5H4BrNO2S.C5H5NO2S2/c1-9-4(8)3-2-7-5(6)10-3;1-8-4(7)3-2-6-5(9)10-3/h2H,1H3;2H,1H3,(H,6,9). The number of H-pyrrole nitrogens is 1. The zero-order chi connectivity index (χ0) is 15.1. The van der Waals surface area contributed by atoms with E-state index in [0.717, 1.165) is 0 Å². The summed E-state index contributed by atoms with van der Waals surface area (Å²) >= 11 is 10.3. The number of esters is 2. The second-order valence-corrected chi connectivity index (χ2v) is 7.03. The van der Waals surface area contributed by atoms with E-state index in [-0.39, 0.29) is 11.9 Å². The van der Waals surface area contributed by atoms with Crippen molar-refractivity contribution < 1.29 is 19.1 Å². The predicted octanol–water partition coefficient (Wildman–Crippen LogP) is 3.28. The molecule has 1 N–H and O–H groups in total. The molecule has 0 spiro atoms. The first-order valence-corrected chi connectivity index (χ1v) is 7.77. The van der Waals surface area contributed by atoms with Crippen LogP contribution in [0.25, 0.3) is 0 Å². The number of carbonyl (C=O) groups excluding carboxylic acids is 2. The number of aromatic nitrogens is 2. The molecule has 0 atom stereocenters. The number of halogens is 1. The number of thiazole rings is 2. The van der Waals surface area contributed by atoms with Gasteiger partial charge in [0.25, 0.3) is 0 Å². The molecule has 0 aliphatic carbocycles. The summed E-state index contributed by atoms with van der Waals surface area (Å²) in [5.74, 6) is -0.694. The van der Waals surface area contributed by atoms with Crippen molar-refractivity contribution in [3.63, 3.8) is 0 Å². The van der Waals surface area contributed by atoms with Gasteiger partial charge in [0, 0.05) is 6.20 Å². The van der Waals surface area contributed by atoms with Crippen molar-refractivity contribution in [2.24, 2.45) is 0 Å². The molecular weight excluding hydrogens is 388 g/mol. The maximum atomic E-state index is 10.8. The Labute approximate surface area is 135 Å². The Morgan fingerprint density at radius 1 is 1.25 bits per heavy atom. The van der Waals surface area contributed by atoms with Crippen LogP contribution in [0.3, 0.4) is 0 Å². The van der Waals surface area contributed by atoms with Crippen molar-refractivity contribution in [3.8, 4) is 0 Å². The van der Waals surface area contributed by atoms with E-state index in [1.807, 2.05) is 0 Å². The van der Waals surface area contributed by atoms with Crippen LogP contribution >= 0.6 is 50.8 Å². The van der Waals surface area contributed by atoms with Gasteiger partial charge in [-0.25, -0.2) is 14.6 Å². The number of nitrogens with one attached hydrogen (secondary N) is 1. The van der Waals surface area contributed by atoms with Crippen molar-refractivity contribution in [2.75, 3.05) is 14.2 Å². The van der Waals surface area contributed by atoms with E-state index >= 15 is 0 Å². The van der Waals surface area contributed by atoms with Crippen molar-refractivity contribution in [1.82, 2.24) is 9.97 Å². The highest BCUT2D eigenvalue weighted by Gasteiger charge is 2.08. The summed E-state index contributed by atoms with van der Waals surface area (Å²) in [5, 5.41) is 0. The average molecular weight is 397 g/mol. The number of hydrogen-bond acceptors (Lipinski definition) is 8. The molecule has 0 bridgehead atoms. The molecule has 0 saturated carbocycles. The van der Waals surface area contributed by atoms with Crippen molar-refractivity contribution in [2.45, 2.75) is 0 Å². The van der Waals surface area contributed by atoms with Gasteiger partial charge in [-0.05, 0) is 28.1 Å². The van der Waals surface area contributed by atoms with Gasteiger partial charge in [-0.1, -0.05) is 11.3 Å². The summed E-state index contributed by atoms with van der Waals surface area (Å²) in [6.45, 7) is 0. The lowest BCUT2D eigenvalue weighted by atomic mass is 10.6. The number of aromatic amines is 1. The lowest BCUT2D eigenvalue weighted by Gasteiger charge is -1.89. The first kappa shape index (κ1) is 17.0. The summed E-state index contributed by atoms with van der Waals surface area (Å²) in [6, 6.07) is 0. The molecule has 2 aromatic rings. The van der Waals surface area contributed by atoms with E-state index in [2.05, 4.69) is 35.4 Å². The zero-order valence-corrected chi connectivity index (χ0v) is 14.4. The van der Waals surface area contributed by atoms with Gasteiger partial charge in [0.05, 0.1) is 20.4 Å². The number of nitrogens with zero attached hydrogens (tertiary/aromatic N) is 1. The van der Waals surface area contributed by atoms with Gasteiger partial charge >= 0.3 is 11.9 Å². The van der Waals surface area contributed by atoms with Gasteiger partial charge in [0.15, 0.2) is 7.87 Å². The minimum Gasteiger partial charge on any atom is -0.465 e. The summed E-state index contributed by atoms with van der Waals surface area (Å²) in [4.78, 5) is 29.1. The van der Waals surface area contributed by atoms with Crippen LogP contribution in [0.4, 0.5) is 0 Å². The number of methoxy groups -OCH3 is 2. The molecule has 0 saturated heterocycles. The van der Waals surface area contributed by atoms with Crippen LogP contribution in [0.15, 0.2) is 16.3 Å². The molecule has 0 aliphatic rings. The van der Waals surface area contributed by atoms with Crippen LogP contribution in [0, 0.1) is 3.95 Å². The molecule has 0 aromatic carbocycles. The highest BCUT2D eigenvalue weighted by molar-refractivity contribution is 9.11. The first-order valence-electron chi connectivity index (χ1n) is 4.94. The summed E-state index contributed by atoms with van der Waals surface area (Å²) < 4.78 is 10.2. The van der Waals surface area contributed by atoms with E-state index in [4.69, 9.17) is 12.2 Å². The van der Waals surface area contributed by atoms with Crippen LogP contribution in [0.5, 0.6) is 0 Å². The number of hydrogen-bond donors (Lipinski definition) is 1. The Kier molecular flexibility index (Phi) is 6.99. The maximum absolute atomic E-state index is 10.8. The highest BCUT2D eigenvalue weighted by Crippen LogP contribution is 2.18. The average Bonchev–Trinajstić information content (AvgIpc) is 3.06. The monoisotopic (exact) mass is 396 g/mol. The summed E-state index contributed by atoms with van der Waals surface area (Å²) in [7, 11) is 2.68. The van der Waals surface area contributed by atoms with Crippen LogP contribution in [0.2, 0.25) is 0 Å². The third-order valence-corrected chi connectivity index (χ3v) is 4.41. The molecule has 6 nitrogen and oxygen atoms in total. The summed E-state index contributed by atoms with van der Waals surface area (Å²) in [5.41, 5.74) is 0. The van der Waals surface area contributed by atoms with Gasteiger partial charge in [-0.15, -0.1) is 11.3 Å². The van der Waals surface area contributed by atoms with Crippen molar-refractivity contribution >= 4 is 62.8 Å². The fourth-order valence-corrected chi connectivity index (χ4v) is 3.05. The normalized spacial score (nSPS) is 9.35. The van der Waals surface area contributed by atoms with Crippen LogP contribution in [-0.2, 0) is 9.47 Å². The molecule has 108 valence electrons. The predicted molar refractivity (Wildman–Crippen MR) is 82.0 cm³/mol. The van der Waals surface area contributed by atoms with Crippen molar-refractivity contribution in [3.05, 3.63) is 30.0 Å². The number of carbonyl (C=O) groups is 2. The van der Waals surface area contributed by atoms with E-state index in [1.165, 1.54) is 43.1 Å². The fourth-order valence-electron chi connectivity index (χ4n) is 0.932. The Morgan fingerprint density at radius 3 is 2.25 bits per heavy atom. The molecule has 0 unspecified atom stereocenters. The van der Waals surface area contributed by atoms with Crippen LogP contribution in [-0.4, -0.2) is 36.1 Å². The van der Waals surface area contributed by atoms with E-state index < -0.39 is 0 Å². The highest BCUT2D eigenvalue weighted by atomic mass is 79.9. The van der Waals surface area contributed by atoms with Gasteiger partial charge in [0.2, 0.25) is 0 Å². The smallest absolute Gasteiger partial charge is 0.349 e. The topological polar surface area (TPSA) is 81.3 Å². The van der Waals surface area contributed by atoms with Gasteiger partial charge in [0.1, 0.15) is 9.75 Å². The molecule has 10 heteroatoms. The Morgan fingerprint density at radius 2 is 1.85 bits per heavy atom. The lowest BCUT2D eigenvalue weighted by Crippen LogP contribution is -1.96. The lowest BCUT2D eigenvalue weighted by molar-refractivity contribution is 0.0597. The van der Waals surface area contributed by atoms with Gasteiger partial charge < -0.3 is 14.5 Å². The minimum atomic E-state index is -0.350. The third-order valence-electron chi connectivity index (χ3n) is 1.77. The molecule has 0 aliphatic heterocycles. The summed E-state index contributed by atoms with van der Waals surface area (Å²) in [6.07, 6.45) is 3.01. The Hall–Kier alpha value is -1.10. The molecule has 0 amide bonds. The third kappa shape index (κ3) is 5.12. The number of ether oxygens (including phenoxy) is 2. The second kappa shape index (κ2) is 8.25. The Bertz CT molecular complexity index is 649. The minimum absolute atomic E-state index is 0.344. The largest absolute Gasteiger partial charge is 0.465 e. The number of rotatable bonds is 2. The molecule has 0 fully saturated rings. The fraction of sp³-hybridized carbons (Fsp3) is 0.200. The quantitative estimate of drug-likeness (QED) is 0.619. The molecule has 2 rings (SSSR count). The SMILES string of the molecule is COC(=O)c1c[nH]c(=S)s1.COC(=O)c1cnc(Br)s1. The molecular formula is C10H9BrN2O4S3. The van der Waals surface area contributed by atoms with Crippen LogP contribution in [0.1, 0.15) is 19.3 Å². The van der Waals surface area contributed by atoms with E-state index in [9.17, 15) is 9.59 Å². The van der Waals surface area contributed by atoms with Gasteiger partial charge in [-0.2, -0.15) is 0 Å². The van der Waals surface area contributed by atoms with E-state index in [1.54, 1.807) is 6.20 Å². The van der Waals surface area contributed by atoms with Crippen LogP contribution < -0.4 is 0 Å². The van der Waals surface area contributed by atoms with Crippen molar-refractivity contribution in [1.29, 1.82) is 0 Å².